The molecule has 0 aromatic heterocycles. The molecule has 19 heavy (non-hydrogen) atoms. The topological polar surface area (TPSA) is 30.5 Å². The van der Waals surface area contributed by atoms with Crippen LogP contribution in [-0.2, 0) is 11.3 Å². The minimum Gasteiger partial charge on any atom is -0.492 e. The molecule has 0 saturated carbocycles. The number of halogens is 1. The molecule has 1 aromatic carbocycles. The molecule has 1 saturated heterocycles. The van der Waals surface area contributed by atoms with Gasteiger partial charge in [-0.25, -0.2) is 0 Å². The first-order valence-electron chi connectivity index (χ1n) is 6.97. The minimum atomic E-state index is 0.458. The van der Waals surface area contributed by atoms with Gasteiger partial charge in [-0.3, -0.25) is 0 Å². The van der Waals surface area contributed by atoms with E-state index in [1.165, 1.54) is 18.4 Å². The van der Waals surface area contributed by atoms with Crippen LogP contribution in [0.2, 0.25) is 0 Å². The van der Waals surface area contributed by atoms with Crippen molar-refractivity contribution in [2.45, 2.75) is 38.3 Å². The Kier molecular flexibility index (Phi) is 6.14. The molecule has 1 fully saturated rings. The second-order valence-electron chi connectivity index (χ2n) is 4.88. The van der Waals surface area contributed by atoms with Crippen LogP contribution in [0.1, 0.15) is 31.2 Å². The Bertz CT molecular complexity index is 392. The summed E-state index contributed by atoms with van der Waals surface area (Å²) in [5, 5.41) is 3.17. The molecule has 4 heteroatoms. The third kappa shape index (κ3) is 4.48. The average Bonchev–Trinajstić information content (AvgIpc) is 2.90. The van der Waals surface area contributed by atoms with E-state index >= 15 is 0 Å². The zero-order valence-electron chi connectivity index (χ0n) is 11.5. The quantitative estimate of drug-likeness (QED) is 0.777. The molecule has 0 amide bonds. The van der Waals surface area contributed by atoms with Gasteiger partial charge in [-0.05, 0) is 54.7 Å². The fraction of sp³-hybridized carbons (Fsp3) is 0.600. The maximum atomic E-state index is 5.94. The Morgan fingerprint density at radius 1 is 1.47 bits per heavy atom. The molecule has 1 aliphatic heterocycles. The van der Waals surface area contributed by atoms with Gasteiger partial charge in [0.1, 0.15) is 5.75 Å². The lowest BCUT2D eigenvalue weighted by molar-refractivity contribution is 0.0980. The van der Waals surface area contributed by atoms with E-state index in [1.807, 2.05) is 19.2 Å². The molecule has 1 heterocycles. The Morgan fingerprint density at radius 2 is 2.37 bits per heavy atom. The molecule has 1 N–H and O–H groups in total. The van der Waals surface area contributed by atoms with Gasteiger partial charge in [-0.1, -0.05) is 12.1 Å². The minimum absolute atomic E-state index is 0.458. The average molecular weight is 328 g/mol. The van der Waals surface area contributed by atoms with Crippen LogP contribution < -0.4 is 10.1 Å². The van der Waals surface area contributed by atoms with Gasteiger partial charge in [0.05, 0.1) is 17.2 Å². The highest BCUT2D eigenvalue weighted by atomic mass is 79.9. The zero-order chi connectivity index (χ0) is 13.5. The summed E-state index contributed by atoms with van der Waals surface area (Å²) in [6.45, 7) is 2.50. The standard InChI is InChI=1S/C15H22BrNO2/c1-17-11-12-5-2-8-14(16)15(12)19-10-4-7-13-6-3-9-18-13/h2,5,8,13,17H,3-4,6-7,9-11H2,1H3. The van der Waals surface area contributed by atoms with Crippen LogP contribution in [0.5, 0.6) is 5.75 Å². The fourth-order valence-electron chi connectivity index (χ4n) is 2.40. The summed E-state index contributed by atoms with van der Waals surface area (Å²) in [7, 11) is 1.95. The predicted molar refractivity (Wildman–Crippen MR) is 80.6 cm³/mol. The SMILES string of the molecule is CNCc1cccc(Br)c1OCCCC1CCCO1. The van der Waals surface area contributed by atoms with Gasteiger partial charge in [-0.2, -0.15) is 0 Å². The summed E-state index contributed by atoms with van der Waals surface area (Å²) in [5.41, 5.74) is 1.19. The Hall–Kier alpha value is -0.580. The number of rotatable bonds is 7. The van der Waals surface area contributed by atoms with E-state index in [-0.39, 0.29) is 0 Å². The van der Waals surface area contributed by atoms with Crippen molar-refractivity contribution >= 4 is 15.9 Å². The van der Waals surface area contributed by atoms with Crippen molar-refractivity contribution in [2.24, 2.45) is 0 Å². The molecule has 0 aliphatic carbocycles. The van der Waals surface area contributed by atoms with Crippen molar-refractivity contribution in [3.8, 4) is 5.75 Å². The van der Waals surface area contributed by atoms with Gasteiger partial charge in [0, 0.05) is 18.7 Å². The maximum absolute atomic E-state index is 5.94. The molecule has 106 valence electrons. The van der Waals surface area contributed by atoms with Crippen molar-refractivity contribution in [1.29, 1.82) is 0 Å². The van der Waals surface area contributed by atoms with E-state index < -0.39 is 0 Å². The zero-order valence-corrected chi connectivity index (χ0v) is 13.0. The predicted octanol–water partition coefficient (Wildman–Crippen LogP) is 3.51. The van der Waals surface area contributed by atoms with Crippen LogP contribution >= 0.6 is 15.9 Å². The van der Waals surface area contributed by atoms with Gasteiger partial charge < -0.3 is 14.8 Å². The molecule has 1 atom stereocenters. The number of ether oxygens (including phenoxy) is 2. The molecular formula is C15H22BrNO2. The summed E-state index contributed by atoms with van der Waals surface area (Å²) in [6.07, 6.45) is 5.03. The van der Waals surface area contributed by atoms with E-state index in [1.54, 1.807) is 0 Å². The van der Waals surface area contributed by atoms with E-state index in [2.05, 4.69) is 27.3 Å². The maximum Gasteiger partial charge on any atom is 0.137 e. The molecule has 2 rings (SSSR count). The molecule has 1 aromatic rings. The lowest BCUT2D eigenvalue weighted by atomic mass is 10.1. The summed E-state index contributed by atoms with van der Waals surface area (Å²) >= 11 is 3.56. The molecule has 0 spiro atoms. The van der Waals surface area contributed by atoms with E-state index in [4.69, 9.17) is 9.47 Å². The fourth-order valence-corrected chi connectivity index (χ4v) is 2.92. The monoisotopic (exact) mass is 327 g/mol. The van der Waals surface area contributed by atoms with E-state index in [9.17, 15) is 0 Å². The summed E-state index contributed by atoms with van der Waals surface area (Å²) in [6, 6.07) is 6.15. The number of nitrogens with one attached hydrogen (secondary N) is 1. The lowest BCUT2D eigenvalue weighted by Crippen LogP contribution is -2.10. The second-order valence-corrected chi connectivity index (χ2v) is 5.74. The second kappa shape index (κ2) is 7.88. The first kappa shape index (κ1) is 14.8. The molecule has 1 aliphatic rings. The lowest BCUT2D eigenvalue weighted by Gasteiger charge is -2.14. The van der Waals surface area contributed by atoms with Gasteiger partial charge in [0.15, 0.2) is 0 Å². The first-order valence-corrected chi connectivity index (χ1v) is 7.77. The summed E-state index contributed by atoms with van der Waals surface area (Å²) in [5.74, 6) is 0.962. The third-order valence-electron chi connectivity index (χ3n) is 3.36. The third-order valence-corrected chi connectivity index (χ3v) is 3.98. The van der Waals surface area contributed by atoms with Crippen LogP contribution in [0, 0.1) is 0 Å². The van der Waals surface area contributed by atoms with Crippen molar-refractivity contribution in [3.05, 3.63) is 28.2 Å². The Morgan fingerprint density at radius 3 is 3.11 bits per heavy atom. The van der Waals surface area contributed by atoms with Crippen LogP contribution in [0.25, 0.3) is 0 Å². The van der Waals surface area contributed by atoms with Crippen molar-refractivity contribution < 1.29 is 9.47 Å². The van der Waals surface area contributed by atoms with Crippen LogP contribution in [0.15, 0.2) is 22.7 Å². The molecule has 0 radical (unpaired) electrons. The highest BCUT2D eigenvalue weighted by Gasteiger charge is 2.15. The molecule has 3 nitrogen and oxygen atoms in total. The Labute approximate surface area is 123 Å². The van der Waals surface area contributed by atoms with E-state index in [0.717, 1.165) is 42.8 Å². The first-order chi connectivity index (χ1) is 9.31. The van der Waals surface area contributed by atoms with Crippen LogP contribution in [-0.4, -0.2) is 26.4 Å². The molecular weight excluding hydrogens is 306 g/mol. The highest BCUT2D eigenvalue weighted by molar-refractivity contribution is 9.10. The molecule has 0 bridgehead atoms. The summed E-state index contributed by atoms with van der Waals surface area (Å²) in [4.78, 5) is 0. The number of benzene rings is 1. The number of para-hydroxylation sites is 1. The van der Waals surface area contributed by atoms with Gasteiger partial charge >= 0.3 is 0 Å². The van der Waals surface area contributed by atoms with Gasteiger partial charge in [0.25, 0.3) is 0 Å². The largest absolute Gasteiger partial charge is 0.492 e. The number of hydrogen-bond acceptors (Lipinski definition) is 3. The van der Waals surface area contributed by atoms with Crippen molar-refractivity contribution in [1.82, 2.24) is 5.32 Å². The normalized spacial score (nSPS) is 18.7. The van der Waals surface area contributed by atoms with Gasteiger partial charge in [-0.15, -0.1) is 0 Å². The summed E-state index contributed by atoms with van der Waals surface area (Å²) < 4.78 is 12.6. The number of hydrogen-bond donors (Lipinski definition) is 1. The van der Waals surface area contributed by atoms with Crippen LogP contribution in [0.3, 0.4) is 0 Å². The Balaban J connectivity index is 1.80. The smallest absolute Gasteiger partial charge is 0.137 e. The van der Waals surface area contributed by atoms with Crippen molar-refractivity contribution in [2.75, 3.05) is 20.3 Å². The van der Waals surface area contributed by atoms with Crippen molar-refractivity contribution in [3.63, 3.8) is 0 Å². The highest BCUT2D eigenvalue weighted by Crippen LogP contribution is 2.29. The van der Waals surface area contributed by atoms with Gasteiger partial charge in [0.2, 0.25) is 0 Å². The van der Waals surface area contributed by atoms with E-state index in [0.29, 0.717) is 6.10 Å². The molecule has 1 unspecified atom stereocenters. The van der Waals surface area contributed by atoms with Crippen LogP contribution in [0.4, 0.5) is 0 Å².